The molecule has 1 heterocycles. The first-order chi connectivity index (χ1) is 27.7. The van der Waals surface area contributed by atoms with E-state index in [2.05, 4.69) is 133 Å². The van der Waals surface area contributed by atoms with Crippen molar-refractivity contribution in [2.24, 2.45) is 0 Å². The number of aromatic nitrogens is 1. The van der Waals surface area contributed by atoms with Gasteiger partial charge in [-0.25, -0.2) is 0 Å². The zero-order valence-electron chi connectivity index (χ0n) is 37.4. The van der Waals surface area contributed by atoms with Crippen molar-refractivity contribution in [3.63, 3.8) is 0 Å². The summed E-state index contributed by atoms with van der Waals surface area (Å²) in [6.07, 6.45) is 2.13. The van der Waals surface area contributed by atoms with Crippen LogP contribution in [0.25, 0.3) is 10.9 Å². The smallest absolute Gasteiger partial charge is 0.248 e. The van der Waals surface area contributed by atoms with Crippen molar-refractivity contribution < 1.29 is 19.4 Å². The molecule has 0 aliphatic heterocycles. The van der Waals surface area contributed by atoms with Crippen LogP contribution in [0, 0.1) is 0 Å². The lowest BCUT2D eigenvalue weighted by Gasteiger charge is -2.40. The van der Waals surface area contributed by atoms with Crippen molar-refractivity contribution >= 4 is 19.2 Å². The Bertz CT molecular complexity index is 2170. The van der Waals surface area contributed by atoms with Crippen LogP contribution in [-0.2, 0) is 17.3 Å². The van der Waals surface area contributed by atoms with Crippen LogP contribution >= 0.6 is 0 Å². The van der Waals surface area contributed by atoms with Gasteiger partial charge in [0.1, 0.15) is 17.2 Å². The highest BCUT2D eigenvalue weighted by atomic mass is 28.4. The maximum Gasteiger partial charge on any atom is 0.248 e. The number of phenols is 2. The number of hydrogen-bond donors (Lipinski definition) is 4. The number of H-pyrrole nitrogens is 1. The number of aromatic amines is 1. The maximum absolute atomic E-state index is 12.2. The van der Waals surface area contributed by atoms with E-state index in [1.165, 1.54) is 17.2 Å². The third kappa shape index (κ3) is 12.1. The van der Waals surface area contributed by atoms with Gasteiger partial charge in [-0.15, -0.1) is 0 Å². The van der Waals surface area contributed by atoms with Crippen molar-refractivity contribution in [2.75, 3.05) is 19.7 Å². The summed E-state index contributed by atoms with van der Waals surface area (Å²) in [6, 6.07) is 32.6. The molecule has 4 N–H and O–H groups in total. The molecule has 8 nitrogen and oxygen atoms in total. The van der Waals surface area contributed by atoms with Gasteiger partial charge in [-0.3, -0.25) is 9.69 Å². The summed E-state index contributed by atoms with van der Waals surface area (Å²) in [5, 5.41) is 26.3. The quantitative estimate of drug-likeness (QED) is 0.0615. The minimum atomic E-state index is -2.21. The Morgan fingerprint density at radius 1 is 0.780 bits per heavy atom. The Hall–Kier alpha value is -4.41. The molecule has 0 aliphatic rings. The summed E-state index contributed by atoms with van der Waals surface area (Å²) in [7, 11) is -2.21. The zero-order valence-corrected chi connectivity index (χ0v) is 38.4. The van der Waals surface area contributed by atoms with Gasteiger partial charge in [0.05, 0.1) is 18.2 Å². The first-order valence-corrected chi connectivity index (χ1v) is 24.3. The van der Waals surface area contributed by atoms with Gasteiger partial charge < -0.3 is 29.7 Å². The van der Waals surface area contributed by atoms with Gasteiger partial charge in [-0.05, 0) is 132 Å². The average molecular weight is 820 g/mol. The number of fused-ring (bicyclic) bond motifs is 1. The molecule has 0 bridgehead atoms. The van der Waals surface area contributed by atoms with Crippen molar-refractivity contribution in [1.82, 2.24) is 15.2 Å². The Labute approximate surface area is 354 Å². The third-order valence-corrected chi connectivity index (χ3v) is 16.6. The normalized spacial score (nSPS) is 13.7. The molecule has 9 heteroatoms. The largest absolute Gasteiger partial charge is 0.508 e. The topological polar surface area (TPSA) is 107 Å². The van der Waals surface area contributed by atoms with Crippen LogP contribution in [-0.4, -0.2) is 65.7 Å². The fourth-order valence-electron chi connectivity index (χ4n) is 7.84. The van der Waals surface area contributed by atoms with Crippen LogP contribution in [0.15, 0.2) is 102 Å². The Kier molecular flexibility index (Phi) is 15.0. The van der Waals surface area contributed by atoms with Crippen LogP contribution in [0.2, 0.25) is 18.1 Å². The van der Waals surface area contributed by atoms with E-state index in [0.29, 0.717) is 36.5 Å². The van der Waals surface area contributed by atoms with Crippen molar-refractivity contribution in [3.05, 3.63) is 135 Å². The van der Waals surface area contributed by atoms with E-state index in [0.717, 1.165) is 53.6 Å². The molecule has 5 rings (SSSR count). The van der Waals surface area contributed by atoms with E-state index in [-0.39, 0.29) is 33.9 Å². The molecule has 0 amide bonds. The molecular formula is C50H69N3O5Si. The standard InChI is InChI=1S/C50H69N3O5Si/c1-34(2)53(35(3)4)29-27-40(38-15-13-12-14-16-38)43-31-36(19-24-44(43)54)28-30-57-39-20-17-37(18-21-39)32-50(8,9)51-33-46(58-59(10,11)49(5,6)7)41-22-25-45(55)48-42(41)23-26-47(56)52-48/h12-26,31,34-35,40,46,51,54-55H,27-30,32-33H2,1-11H3,(H,52,56)/t40-,46+/m1/s1. The number of benzene rings is 4. The third-order valence-electron chi connectivity index (χ3n) is 12.2. The Morgan fingerprint density at radius 2 is 1.42 bits per heavy atom. The van der Waals surface area contributed by atoms with E-state index in [1.54, 1.807) is 12.1 Å². The number of rotatable bonds is 19. The fourth-order valence-corrected chi connectivity index (χ4v) is 9.11. The van der Waals surface area contributed by atoms with Crippen LogP contribution in [0.3, 0.4) is 0 Å². The minimum absolute atomic E-state index is 0.00683. The van der Waals surface area contributed by atoms with Crippen LogP contribution < -0.4 is 15.6 Å². The molecule has 318 valence electrons. The van der Waals surface area contributed by atoms with Gasteiger partial charge in [0.25, 0.3) is 0 Å². The Morgan fingerprint density at radius 3 is 2.07 bits per heavy atom. The second kappa shape index (κ2) is 19.3. The molecule has 4 aromatic carbocycles. The maximum atomic E-state index is 12.2. The minimum Gasteiger partial charge on any atom is -0.508 e. The van der Waals surface area contributed by atoms with Gasteiger partial charge >= 0.3 is 0 Å². The molecule has 0 aliphatic carbocycles. The number of pyridine rings is 1. The van der Waals surface area contributed by atoms with E-state index < -0.39 is 8.32 Å². The molecule has 0 radical (unpaired) electrons. The van der Waals surface area contributed by atoms with Gasteiger partial charge in [-0.2, -0.15) is 0 Å². The lowest BCUT2D eigenvalue weighted by Crippen LogP contribution is -2.47. The SMILES string of the molecule is CC(C)N(CC[C@H](c1ccccc1)c1cc(CCOc2ccc(CC(C)(C)NC[C@H](O[Si](C)(C)C(C)(C)C)c3ccc(O)c4[nH]c(=O)ccc34)cc2)ccc1O)C(C)C. The lowest BCUT2D eigenvalue weighted by atomic mass is 9.86. The first-order valence-electron chi connectivity index (χ1n) is 21.4. The highest BCUT2D eigenvalue weighted by Crippen LogP contribution is 2.41. The van der Waals surface area contributed by atoms with Gasteiger partial charge in [-0.1, -0.05) is 81.4 Å². The molecule has 0 saturated heterocycles. The zero-order chi connectivity index (χ0) is 43.1. The van der Waals surface area contributed by atoms with Gasteiger partial charge in [0.15, 0.2) is 8.32 Å². The molecule has 0 saturated carbocycles. The highest BCUT2D eigenvalue weighted by Gasteiger charge is 2.40. The molecule has 0 unspecified atom stereocenters. The summed E-state index contributed by atoms with van der Waals surface area (Å²) in [5.74, 6) is 1.28. The van der Waals surface area contributed by atoms with Crippen molar-refractivity contribution in [2.45, 2.75) is 129 Å². The highest BCUT2D eigenvalue weighted by molar-refractivity contribution is 6.74. The van der Waals surface area contributed by atoms with Crippen molar-refractivity contribution in [1.29, 1.82) is 0 Å². The number of nitrogens with zero attached hydrogens (tertiary/aromatic N) is 1. The van der Waals surface area contributed by atoms with E-state index >= 15 is 0 Å². The van der Waals surface area contributed by atoms with Gasteiger partial charge in [0, 0.05) is 53.5 Å². The fraction of sp³-hybridized carbons (Fsp3) is 0.460. The summed E-state index contributed by atoms with van der Waals surface area (Å²) in [5.41, 5.74) is 5.34. The lowest BCUT2D eigenvalue weighted by molar-refractivity contribution is 0.168. The molecule has 2 atom stereocenters. The number of phenolic OH excluding ortho intramolecular Hbond substituents is 2. The molecule has 5 aromatic rings. The number of nitrogens with one attached hydrogen (secondary N) is 2. The number of ether oxygens (including phenoxy) is 1. The van der Waals surface area contributed by atoms with E-state index in [9.17, 15) is 15.0 Å². The van der Waals surface area contributed by atoms with Crippen LogP contribution in [0.1, 0.15) is 109 Å². The number of hydrogen-bond acceptors (Lipinski definition) is 7. The summed E-state index contributed by atoms with van der Waals surface area (Å²) in [6.45, 7) is 26.6. The van der Waals surface area contributed by atoms with E-state index in [4.69, 9.17) is 9.16 Å². The van der Waals surface area contributed by atoms with E-state index in [1.807, 2.05) is 36.4 Å². The van der Waals surface area contributed by atoms with Gasteiger partial charge in [0.2, 0.25) is 5.56 Å². The molecule has 59 heavy (non-hydrogen) atoms. The van der Waals surface area contributed by atoms with Crippen LogP contribution in [0.5, 0.6) is 17.2 Å². The Balaban J connectivity index is 1.23. The number of aromatic hydroxyl groups is 2. The second-order valence-corrected chi connectivity index (χ2v) is 23.7. The molecular weight excluding hydrogens is 751 g/mol. The van der Waals surface area contributed by atoms with Crippen molar-refractivity contribution in [3.8, 4) is 17.2 Å². The molecule has 1 aromatic heterocycles. The monoisotopic (exact) mass is 820 g/mol. The molecule has 0 spiro atoms. The predicted octanol–water partition coefficient (Wildman–Crippen LogP) is 10.9. The summed E-state index contributed by atoms with van der Waals surface area (Å²) >= 11 is 0. The summed E-state index contributed by atoms with van der Waals surface area (Å²) in [4.78, 5) is 17.5. The van der Waals surface area contributed by atoms with Crippen LogP contribution in [0.4, 0.5) is 0 Å². The first kappa shape index (κ1) is 45.7. The average Bonchev–Trinajstić information content (AvgIpc) is 3.16. The second-order valence-electron chi connectivity index (χ2n) is 18.9. The summed E-state index contributed by atoms with van der Waals surface area (Å²) < 4.78 is 13.3. The predicted molar refractivity (Wildman–Crippen MR) is 247 cm³/mol. The molecule has 0 fully saturated rings.